The highest BCUT2D eigenvalue weighted by atomic mass is 32.2. The topological polar surface area (TPSA) is 54.9 Å². The first-order valence-corrected chi connectivity index (χ1v) is 8.73. The van der Waals surface area contributed by atoms with E-state index in [-0.39, 0.29) is 5.91 Å². The van der Waals surface area contributed by atoms with Crippen molar-refractivity contribution in [3.63, 3.8) is 0 Å². The van der Waals surface area contributed by atoms with E-state index in [1.54, 1.807) is 23.1 Å². The van der Waals surface area contributed by atoms with Gasteiger partial charge in [-0.1, -0.05) is 59.5 Å². The van der Waals surface area contributed by atoms with Gasteiger partial charge in [0.15, 0.2) is 4.34 Å². The summed E-state index contributed by atoms with van der Waals surface area (Å²) in [4.78, 5) is 12.1. The molecule has 0 atom stereocenters. The van der Waals surface area contributed by atoms with Crippen LogP contribution in [-0.4, -0.2) is 21.9 Å². The van der Waals surface area contributed by atoms with Crippen molar-refractivity contribution in [1.29, 1.82) is 0 Å². The van der Waals surface area contributed by atoms with Gasteiger partial charge in [-0.15, -0.1) is 10.2 Å². The van der Waals surface area contributed by atoms with E-state index in [2.05, 4.69) is 15.5 Å². The van der Waals surface area contributed by atoms with E-state index in [1.165, 1.54) is 0 Å². The van der Waals surface area contributed by atoms with Gasteiger partial charge in [-0.2, -0.15) is 0 Å². The van der Waals surface area contributed by atoms with E-state index >= 15 is 0 Å². The molecule has 4 nitrogen and oxygen atoms in total. The molecule has 0 radical (unpaired) electrons. The second kappa shape index (κ2) is 6.89. The third kappa shape index (κ3) is 3.64. The highest BCUT2D eigenvalue weighted by Gasteiger charge is 2.07. The number of carbonyl (C=O) groups is 1. The van der Waals surface area contributed by atoms with Crippen LogP contribution in [0.5, 0.6) is 0 Å². The average molecular weight is 329 g/mol. The summed E-state index contributed by atoms with van der Waals surface area (Å²) in [6, 6.07) is 14.0. The van der Waals surface area contributed by atoms with Crippen LogP contribution in [0.3, 0.4) is 0 Å². The Bertz CT molecular complexity index is 795. The lowest BCUT2D eigenvalue weighted by Crippen LogP contribution is -2.12. The molecule has 0 unspecified atom stereocenters. The van der Waals surface area contributed by atoms with Crippen molar-refractivity contribution in [2.75, 3.05) is 11.1 Å². The molecule has 0 bridgehead atoms. The molecule has 22 heavy (non-hydrogen) atoms. The summed E-state index contributed by atoms with van der Waals surface area (Å²) in [5.74, 6) is 0.718. The molecule has 0 saturated heterocycles. The number of carbonyl (C=O) groups excluding carboxylic acids is 1. The summed E-state index contributed by atoms with van der Waals surface area (Å²) in [7, 11) is 0. The fraction of sp³-hybridized carbons (Fsp3) is 0.188. The van der Waals surface area contributed by atoms with Crippen molar-refractivity contribution < 1.29 is 4.79 Å². The van der Waals surface area contributed by atoms with Gasteiger partial charge in [-0.25, -0.2) is 0 Å². The molecule has 0 aliphatic rings. The monoisotopic (exact) mass is 329 g/mol. The second-order valence-corrected chi connectivity index (χ2v) is 7.28. The van der Waals surface area contributed by atoms with Crippen molar-refractivity contribution in [2.24, 2.45) is 0 Å². The first-order chi connectivity index (χ1) is 10.7. The standard InChI is InChI=1S/C16H15N3OS2/c1-11-18-19-16(22-11)21-10-9-15(20)17-14-8-4-6-12-5-2-3-7-13(12)14/h2-8H,9-10H2,1H3,(H,17,20). The summed E-state index contributed by atoms with van der Waals surface area (Å²) in [5.41, 5.74) is 0.861. The number of nitrogens with one attached hydrogen (secondary N) is 1. The first-order valence-electron chi connectivity index (χ1n) is 6.93. The Kier molecular flexibility index (Phi) is 4.70. The fourth-order valence-corrected chi connectivity index (χ4v) is 3.94. The molecule has 1 N–H and O–H groups in total. The predicted octanol–water partition coefficient (Wildman–Crippen LogP) is 4.12. The molecule has 2 aromatic carbocycles. The van der Waals surface area contributed by atoms with Crippen LogP contribution in [0.1, 0.15) is 11.4 Å². The molecule has 0 spiro atoms. The first kappa shape index (κ1) is 15.0. The number of aromatic nitrogens is 2. The molecule has 0 aliphatic carbocycles. The number of benzene rings is 2. The van der Waals surface area contributed by atoms with Crippen LogP contribution in [0.4, 0.5) is 5.69 Å². The van der Waals surface area contributed by atoms with Crippen molar-refractivity contribution in [1.82, 2.24) is 10.2 Å². The fourth-order valence-electron chi connectivity index (χ4n) is 2.11. The molecule has 0 saturated carbocycles. The Balaban J connectivity index is 1.59. The molecule has 3 rings (SSSR count). The van der Waals surface area contributed by atoms with Crippen LogP contribution in [0.25, 0.3) is 10.8 Å². The molecular formula is C16H15N3OS2. The van der Waals surface area contributed by atoms with Crippen molar-refractivity contribution in [3.8, 4) is 0 Å². The number of amides is 1. The Hall–Kier alpha value is -1.92. The van der Waals surface area contributed by atoms with Crippen molar-refractivity contribution in [2.45, 2.75) is 17.7 Å². The minimum atomic E-state index is 0.0186. The van der Waals surface area contributed by atoms with Gasteiger partial charge in [0.1, 0.15) is 5.01 Å². The van der Waals surface area contributed by atoms with Gasteiger partial charge in [-0.3, -0.25) is 4.79 Å². The van der Waals surface area contributed by atoms with Gasteiger partial charge < -0.3 is 5.32 Å². The molecule has 0 fully saturated rings. The third-order valence-corrected chi connectivity index (χ3v) is 5.10. The maximum atomic E-state index is 12.1. The van der Waals surface area contributed by atoms with Gasteiger partial charge in [0, 0.05) is 23.2 Å². The van der Waals surface area contributed by atoms with E-state index < -0.39 is 0 Å². The Morgan fingerprint density at radius 1 is 1.18 bits per heavy atom. The zero-order chi connectivity index (χ0) is 15.4. The molecule has 6 heteroatoms. The van der Waals surface area contributed by atoms with Crippen molar-refractivity contribution in [3.05, 3.63) is 47.5 Å². The lowest BCUT2D eigenvalue weighted by Gasteiger charge is -2.08. The predicted molar refractivity (Wildman–Crippen MR) is 92.6 cm³/mol. The average Bonchev–Trinajstić information content (AvgIpc) is 2.93. The lowest BCUT2D eigenvalue weighted by molar-refractivity contribution is -0.115. The van der Waals surface area contributed by atoms with Crippen LogP contribution < -0.4 is 5.32 Å². The van der Waals surface area contributed by atoms with Gasteiger partial charge in [0.25, 0.3) is 0 Å². The van der Waals surface area contributed by atoms with Crippen LogP contribution in [0, 0.1) is 6.92 Å². The number of rotatable bonds is 5. The van der Waals surface area contributed by atoms with Gasteiger partial charge in [0.05, 0.1) is 0 Å². The number of nitrogens with zero attached hydrogens (tertiary/aromatic N) is 2. The number of hydrogen-bond donors (Lipinski definition) is 1. The van der Waals surface area contributed by atoms with E-state index in [0.29, 0.717) is 12.2 Å². The van der Waals surface area contributed by atoms with Crippen molar-refractivity contribution >= 4 is 45.5 Å². The zero-order valence-electron chi connectivity index (χ0n) is 12.1. The lowest BCUT2D eigenvalue weighted by atomic mass is 10.1. The number of fused-ring (bicyclic) bond motifs is 1. The molecule has 112 valence electrons. The molecule has 1 heterocycles. The Labute approximate surface area is 137 Å². The molecule has 3 aromatic rings. The highest BCUT2D eigenvalue weighted by Crippen LogP contribution is 2.24. The smallest absolute Gasteiger partial charge is 0.225 e. The maximum Gasteiger partial charge on any atom is 0.225 e. The molecule has 1 aromatic heterocycles. The van der Waals surface area contributed by atoms with Crippen LogP contribution in [0.2, 0.25) is 0 Å². The summed E-state index contributed by atoms with van der Waals surface area (Å²) >= 11 is 3.12. The number of hydrogen-bond acceptors (Lipinski definition) is 5. The SMILES string of the molecule is Cc1nnc(SCCC(=O)Nc2cccc3ccccc23)s1. The third-order valence-electron chi connectivity index (χ3n) is 3.13. The summed E-state index contributed by atoms with van der Waals surface area (Å²) in [6.45, 7) is 1.93. The number of aryl methyl sites for hydroxylation is 1. The summed E-state index contributed by atoms with van der Waals surface area (Å²) < 4.78 is 0.912. The Morgan fingerprint density at radius 3 is 2.82 bits per heavy atom. The largest absolute Gasteiger partial charge is 0.325 e. The summed E-state index contributed by atoms with van der Waals surface area (Å²) in [6.07, 6.45) is 0.451. The second-order valence-electron chi connectivity index (χ2n) is 4.76. The van der Waals surface area contributed by atoms with Gasteiger partial charge >= 0.3 is 0 Å². The van der Waals surface area contributed by atoms with Crippen LogP contribution >= 0.6 is 23.1 Å². The maximum absolute atomic E-state index is 12.1. The Morgan fingerprint density at radius 2 is 2.00 bits per heavy atom. The van der Waals surface area contributed by atoms with Crippen LogP contribution in [-0.2, 0) is 4.79 Å². The van der Waals surface area contributed by atoms with Crippen LogP contribution in [0.15, 0.2) is 46.8 Å². The molecular weight excluding hydrogens is 314 g/mol. The highest BCUT2D eigenvalue weighted by molar-refractivity contribution is 8.01. The number of thioether (sulfide) groups is 1. The van der Waals surface area contributed by atoms with E-state index in [1.807, 2.05) is 49.4 Å². The van der Waals surface area contributed by atoms with E-state index in [0.717, 1.165) is 25.8 Å². The van der Waals surface area contributed by atoms with E-state index in [9.17, 15) is 4.79 Å². The molecule has 0 aliphatic heterocycles. The summed E-state index contributed by atoms with van der Waals surface area (Å²) in [5, 5.41) is 14.1. The molecule has 1 amide bonds. The minimum absolute atomic E-state index is 0.0186. The zero-order valence-corrected chi connectivity index (χ0v) is 13.7. The number of anilines is 1. The normalized spacial score (nSPS) is 10.8. The van der Waals surface area contributed by atoms with Gasteiger partial charge in [0.2, 0.25) is 5.91 Å². The van der Waals surface area contributed by atoms with E-state index in [4.69, 9.17) is 0 Å². The van der Waals surface area contributed by atoms with Gasteiger partial charge in [-0.05, 0) is 18.4 Å². The quantitative estimate of drug-likeness (QED) is 0.715. The minimum Gasteiger partial charge on any atom is -0.325 e.